The lowest BCUT2D eigenvalue weighted by Crippen LogP contribution is -2.25. The van der Waals surface area contributed by atoms with Crippen LogP contribution < -0.4 is 10.1 Å². The van der Waals surface area contributed by atoms with Crippen LogP contribution in [0.15, 0.2) is 22.7 Å². The quantitative estimate of drug-likeness (QED) is 0.874. The largest absolute Gasteiger partial charge is 0.491 e. The van der Waals surface area contributed by atoms with Crippen molar-refractivity contribution in [3.63, 3.8) is 0 Å². The summed E-state index contributed by atoms with van der Waals surface area (Å²) in [5, 5.41) is 3.14. The number of likely N-dealkylation sites (tertiary alicyclic amines) is 1. The molecule has 0 radical (unpaired) electrons. The average Bonchev–Trinajstić information content (AvgIpc) is 2.85. The molecule has 1 heterocycles. The van der Waals surface area contributed by atoms with Gasteiger partial charge in [-0.25, -0.2) is 0 Å². The Hall–Kier alpha value is -0.580. The highest BCUT2D eigenvalue weighted by atomic mass is 79.9. The van der Waals surface area contributed by atoms with E-state index >= 15 is 0 Å². The minimum absolute atomic E-state index is 0.768. The van der Waals surface area contributed by atoms with Crippen molar-refractivity contribution in [2.24, 2.45) is 0 Å². The van der Waals surface area contributed by atoms with Crippen LogP contribution in [0.4, 0.5) is 0 Å². The van der Waals surface area contributed by atoms with Crippen LogP contribution in [0.5, 0.6) is 5.75 Å². The molecule has 0 aromatic heterocycles. The summed E-state index contributed by atoms with van der Waals surface area (Å²) in [5.74, 6) is 0.939. The highest BCUT2D eigenvalue weighted by molar-refractivity contribution is 9.10. The van der Waals surface area contributed by atoms with Gasteiger partial charge in [0.25, 0.3) is 0 Å². The topological polar surface area (TPSA) is 24.5 Å². The van der Waals surface area contributed by atoms with Crippen LogP contribution in [-0.2, 0) is 6.54 Å². The fraction of sp³-hybridized carbons (Fsp3) is 0.571. The van der Waals surface area contributed by atoms with Crippen LogP contribution in [0.25, 0.3) is 0 Å². The molecule has 1 aromatic rings. The lowest BCUT2D eigenvalue weighted by Gasteiger charge is -2.15. The van der Waals surface area contributed by atoms with Gasteiger partial charge >= 0.3 is 0 Å². The number of ether oxygens (including phenoxy) is 1. The second kappa shape index (κ2) is 7.12. The normalized spacial score (nSPS) is 16.1. The molecule has 3 nitrogen and oxygen atoms in total. The smallest absolute Gasteiger partial charge is 0.133 e. The monoisotopic (exact) mass is 312 g/mol. The lowest BCUT2D eigenvalue weighted by molar-refractivity contribution is 0.237. The molecule has 18 heavy (non-hydrogen) atoms. The van der Waals surface area contributed by atoms with Gasteiger partial charge in [-0.15, -0.1) is 0 Å². The van der Waals surface area contributed by atoms with Gasteiger partial charge in [0.15, 0.2) is 0 Å². The van der Waals surface area contributed by atoms with Crippen molar-refractivity contribution in [1.82, 2.24) is 10.2 Å². The van der Waals surface area contributed by atoms with E-state index < -0.39 is 0 Å². The van der Waals surface area contributed by atoms with Gasteiger partial charge in [0.2, 0.25) is 0 Å². The second-order valence-electron chi connectivity index (χ2n) is 4.69. The van der Waals surface area contributed by atoms with Crippen molar-refractivity contribution >= 4 is 15.9 Å². The molecule has 4 heteroatoms. The van der Waals surface area contributed by atoms with Crippen molar-refractivity contribution in [2.75, 3.05) is 33.3 Å². The first-order chi connectivity index (χ1) is 8.79. The van der Waals surface area contributed by atoms with Crippen molar-refractivity contribution in [3.05, 3.63) is 28.2 Å². The molecule has 1 N–H and O–H groups in total. The van der Waals surface area contributed by atoms with Gasteiger partial charge in [0.05, 0.1) is 4.47 Å². The molecule has 0 amide bonds. The number of nitrogens with zero attached hydrogens (tertiary/aromatic N) is 1. The summed E-state index contributed by atoms with van der Waals surface area (Å²) in [6.45, 7) is 5.14. The molecule has 0 saturated carbocycles. The summed E-state index contributed by atoms with van der Waals surface area (Å²) in [6.07, 6.45) is 2.67. The third kappa shape index (κ3) is 3.97. The zero-order chi connectivity index (χ0) is 12.8. The molecular weight excluding hydrogens is 292 g/mol. The summed E-state index contributed by atoms with van der Waals surface area (Å²) < 4.78 is 6.86. The first kappa shape index (κ1) is 13.8. The number of halogens is 1. The standard InChI is InChI=1S/C14H21BrN2O/c1-16-11-12-4-5-14(13(15)10-12)18-9-8-17-6-2-3-7-17/h4-5,10,16H,2-3,6-9,11H2,1H3. The maximum absolute atomic E-state index is 5.82. The van der Waals surface area contributed by atoms with E-state index in [0.717, 1.165) is 29.9 Å². The predicted octanol–water partition coefficient (Wildman–Crippen LogP) is 2.64. The molecule has 1 fully saturated rings. The highest BCUT2D eigenvalue weighted by Gasteiger charge is 2.11. The van der Waals surface area contributed by atoms with E-state index in [0.29, 0.717) is 0 Å². The van der Waals surface area contributed by atoms with Gasteiger partial charge in [-0.1, -0.05) is 6.07 Å². The Bertz CT molecular complexity index is 378. The van der Waals surface area contributed by atoms with Crippen LogP contribution in [0, 0.1) is 0 Å². The Kier molecular flexibility index (Phi) is 5.47. The minimum Gasteiger partial charge on any atom is -0.491 e. The van der Waals surface area contributed by atoms with E-state index in [-0.39, 0.29) is 0 Å². The Morgan fingerprint density at radius 1 is 1.33 bits per heavy atom. The summed E-state index contributed by atoms with van der Waals surface area (Å²) in [4.78, 5) is 2.46. The maximum atomic E-state index is 5.82. The fourth-order valence-electron chi connectivity index (χ4n) is 2.27. The van der Waals surface area contributed by atoms with E-state index in [4.69, 9.17) is 4.74 Å². The molecular formula is C14H21BrN2O. The van der Waals surface area contributed by atoms with Crippen LogP contribution in [-0.4, -0.2) is 38.2 Å². The molecule has 0 bridgehead atoms. The number of hydrogen-bond acceptors (Lipinski definition) is 3. The van der Waals surface area contributed by atoms with Gasteiger partial charge in [-0.05, 0) is 66.6 Å². The van der Waals surface area contributed by atoms with Crippen LogP contribution in [0.1, 0.15) is 18.4 Å². The molecule has 100 valence electrons. The molecule has 1 saturated heterocycles. The number of hydrogen-bond donors (Lipinski definition) is 1. The van der Waals surface area contributed by atoms with Gasteiger partial charge in [-0.3, -0.25) is 4.90 Å². The minimum atomic E-state index is 0.768. The maximum Gasteiger partial charge on any atom is 0.133 e. The van der Waals surface area contributed by atoms with Crippen molar-refractivity contribution in [3.8, 4) is 5.75 Å². The van der Waals surface area contributed by atoms with Gasteiger partial charge in [0.1, 0.15) is 12.4 Å². The summed E-state index contributed by atoms with van der Waals surface area (Å²) >= 11 is 3.56. The van der Waals surface area contributed by atoms with Crippen LogP contribution >= 0.6 is 15.9 Å². The van der Waals surface area contributed by atoms with Gasteiger partial charge in [-0.2, -0.15) is 0 Å². The van der Waals surface area contributed by atoms with Crippen LogP contribution in [0.2, 0.25) is 0 Å². The lowest BCUT2D eigenvalue weighted by atomic mass is 10.2. The van der Waals surface area contributed by atoms with Crippen molar-refractivity contribution < 1.29 is 4.74 Å². The average molecular weight is 313 g/mol. The zero-order valence-corrected chi connectivity index (χ0v) is 12.5. The Labute approximate surface area is 118 Å². The summed E-state index contributed by atoms with van der Waals surface area (Å²) in [5.41, 5.74) is 1.26. The van der Waals surface area contributed by atoms with Gasteiger partial charge in [0, 0.05) is 13.1 Å². The number of nitrogens with one attached hydrogen (secondary N) is 1. The fourth-order valence-corrected chi connectivity index (χ4v) is 2.81. The first-order valence-corrected chi connectivity index (χ1v) is 7.37. The highest BCUT2D eigenvalue weighted by Crippen LogP contribution is 2.26. The van der Waals surface area contributed by atoms with E-state index in [1.54, 1.807) is 0 Å². The summed E-state index contributed by atoms with van der Waals surface area (Å²) in [7, 11) is 1.95. The first-order valence-electron chi connectivity index (χ1n) is 6.58. The van der Waals surface area contributed by atoms with E-state index in [9.17, 15) is 0 Å². The molecule has 0 aliphatic carbocycles. The summed E-state index contributed by atoms with van der Waals surface area (Å²) in [6, 6.07) is 6.26. The molecule has 1 aliphatic rings. The third-order valence-electron chi connectivity index (χ3n) is 3.24. The van der Waals surface area contributed by atoms with E-state index in [1.807, 2.05) is 13.1 Å². The van der Waals surface area contributed by atoms with Gasteiger partial charge < -0.3 is 10.1 Å². The van der Waals surface area contributed by atoms with Crippen molar-refractivity contribution in [1.29, 1.82) is 0 Å². The molecule has 1 aromatic carbocycles. The molecule has 0 spiro atoms. The SMILES string of the molecule is CNCc1ccc(OCCN2CCCC2)c(Br)c1. The third-order valence-corrected chi connectivity index (χ3v) is 3.86. The predicted molar refractivity (Wildman–Crippen MR) is 78.1 cm³/mol. The van der Waals surface area contributed by atoms with Crippen molar-refractivity contribution in [2.45, 2.75) is 19.4 Å². The van der Waals surface area contributed by atoms with Crippen LogP contribution in [0.3, 0.4) is 0 Å². The van der Waals surface area contributed by atoms with E-state index in [1.165, 1.54) is 31.5 Å². The Balaban J connectivity index is 1.81. The molecule has 0 unspecified atom stereocenters. The van der Waals surface area contributed by atoms with E-state index in [2.05, 4.69) is 38.3 Å². The zero-order valence-electron chi connectivity index (χ0n) is 10.9. The second-order valence-corrected chi connectivity index (χ2v) is 5.55. The molecule has 2 rings (SSSR count). The number of rotatable bonds is 6. The Morgan fingerprint density at radius 2 is 2.11 bits per heavy atom. The Morgan fingerprint density at radius 3 is 2.78 bits per heavy atom. The molecule has 0 atom stereocenters. The number of benzene rings is 1. The molecule has 1 aliphatic heterocycles.